The van der Waals surface area contributed by atoms with E-state index in [4.69, 9.17) is 14.0 Å². The van der Waals surface area contributed by atoms with E-state index in [0.29, 0.717) is 11.8 Å². The highest BCUT2D eigenvalue weighted by Crippen LogP contribution is 2.39. The molecule has 1 fully saturated rings. The Hall–Kier alpha value is -1.92. The van der Waals surface area contributed by atoms with E-state index >= 15 is 0 Å². The summed E-state index contributed by atoms with van der Waals surface area (Å²) in [5, 5.41) is 0. The van der Waals surface area contributed by atoms with E-state index in [0.717, 1.165) is 11.9 Å². The lowest BCUT2D eigenvalue weighted by Crippen LogP contribution is -2.44. The van der Waals surface area contributed by atoms with Gasteiger partial charge < -0.3 is 14.0 Å². The van der Waals surface area contributed by atoms with Crippen LogP contribution >= 0.6 is 0 Å². The van der Waals surface area contributed by atoms with E-state index in [1.807, 2.05) is 24.3 Å². The highest BCUT2D eigenvalue weighted by molar-refractivity contribution is 6.62. The minimum atomic E-state index is -0.364. The maximum absolute atomic E-state index is 6.17. The van der Waals surface area contributed by atoms with Gasteiger partial charge in [0.1, 0.15) is 5.75 Å². The van der Waals surface area contributed by atoms with E-state index in [-0.39, 0.29) is 18.3 Å². The molecule has 1 saturated heterocycles. The Balaban J connectivity index is 1.73. The van der Waals surface area contributed by atoms with Crippen LogP contribution in [0.15, 0.2) is 42.7 Å². The van der Waals surface area contributed by atoms with E-state index in [1.54, 1.807) is 18.5 Å². The number of rotatable bonds is 4. The minimum Gasteiger partial charge on any atom is -0.424 e. The first-order valence-electron chi connectivity index (χ1n) is 7.84. The lowest BCUT2D eigenvalue weighted by Gasteiger charge is -2.35. The Bertz CT molecular complexity index is 663. The molecule has 0 aliphatic carbocycles. The molecule has 1 atom stereocenters. The molecule has 0 amide bonds. The Labute approximate surface area is 137 Å². The number of aromatic nitrogens is 2. The quantitative estimate of drug-likeness (QED) is 0.813. The zero-order valence-corrected chi connectivity index (χ0v) is 13.9. The molecule has 0 bridgehead atoms. The predicted molar refractivity (Wildman–Crippen MR) is 88.9 cm³/mol. The summed E-state index contributed by atoms with van der Waals surface area (Å²) in [6.45, 7) is 8.35. The highest BCUT2D eigenvalue weighted by Gasteiger charge is 2.53. The Morgan fingerprint density at radius 1 is 1.04 bits per heavy atom. The third kappa shape index (κ3) is 3.09. The van der Waals surface area contributed by atoms with Crippen molar-refractivity contribution in [2.45, 2.75) is 45.3 Å². The fourth-order valence-corrected chi connectivity index (χ4v) is 2.58. The summed E-state index contributed by atoms with van der Waals surface area (Å²) < 4.78 is 17.9. The van der Waals surface area contributed by atoms with Crippen molar-refractivity contribution in [1.29, 1.82) is 0 Å². The first kappa shape index (κ1) is 16.0. The molecule has 1 aliphatic rings. The molecule has 1 aromatic carbocycles. The second-order valence-corrected chi connectivity index (χ2v) is 6.36. The average Bonchev–Trinajstić information content (AvgIpc) is 2.79. The zero-order chi connectivity index (χ0) is 16.5. The summed E-state index contributed by atoms with van der Waals surface area (Å²) in [7, 11) is -0.364. The normalized spacial score (nSPS) is 23.0. The van der Waals surface area contributed by atoms with Gasteiger partial charge >= 0.3 is 13.1 Å². The monoisotopic (exact) mass is 312 g/mol. The van der Waals surface area contributed by atoms with Crippen LogP contribution in [0, 0.1) is 0 Å². The van der Waals surface area contributed by atoms with Crippen LogP contribution in [0.2, 0.25) is 0 Å². The maximum atomic E-state index is 6.17. The SMILES string of the molecule is CCC1(C)OB(c2ccc(Oc3ncccn3)cc2)OC1(C)C. The van der Waals surface area contributed by atoms with Gasteiger partial charge in [0, 0.05) is 12.4 Å². The molecule has 0 saturated carbocycles. The topological polar surface area (TPSA) is 53.5 Å². The summed E-state index contributed by atoms with van der Waals surface area (Å²) in [6.07, 6.45) is 4.18. The molecule has 120 valence electrons. The summed E-state index contributed by atoms with van der Waals surface area (Å²) in [4.78, 5) is 8.08. The molecular formula is C17H21BN2O3. The Morgan fingerprint density at radius 3 is 2.26 bits per heavy atom. The van der Waals surface area contributed by atoms with Gasteiger partial charge in [-0.25, -0.2) is 9.97 Å². The minimum absolute atomic E-state index is 0.301. The van der Waals surface area contributed by atoms with E-state index in [1.165, 1.54) is 0 Å². The van der Waals surface area contributed by atoms with Crippen LogP contribution in [-0.2, 0) is 9.31 Å². The molecule has 6 heteroatoms. The smallest absolute Gasteiger partial charge is 0.424 e. The predicted octanol–water partition coefficient (Wildman–Crippen LogP) is 2.96. The second kappa shape index (κ2) is 5.94. The lowest BCUT2D eigenvalue weighted by atomic mass is 9.79. The van der Waals surface area contributed by atoms with Crippen LogP contribution in [-0.4, -0.2) is 28.3 Å². The lowest BCUT2D eigenvalue weighted by molar-refractivity contribution is -0.0118. The zero-order valence-electron chi connectivity index (χ0n) is 13.9. The fraction of sp³-hybridized carbons (Fsp3) is 0.412. The molecule has 1 aromatic heterocycles. The van der Waals surface area contributed by atoms with Crippen LogP contribution in [0.3, 0.4) is 0 Å². The average molecular weight is 312 g/mol. The molecule has 23 heavy (non-hydrogen) atoms. The molecule has 0 radical (unpaired) electrons. The number of hydrogen-bond donors (Lipinski definition) is 0. The van der Waals surface area contributed by atoms with Crippen molar-refractivity contribution in [2.75, 3.05) is 0 Å². The van der Waals surface area contributed by atoms with Crippen molar-refractivity contribution >= 4 is 12.6 Å². The Kier molecular flexibility index (Phi) is 4.12. The van der Waals surface area contributed by atoms with Crippen molar-refractivity contribution in [3.05, 3.63) is 42.7 Å². The van der Waals surface area contributed by atoms with Crippen molar-refractivity contribution in [3.63, 3.8) is 0 Å². The molecular weight excluding hydrogens is 291 g/mol. The highest BCUT2D eigenvalue weighted by atomic mass is 16.7. The standard InChI is InChI=1S/C17H21BN2O3/c1-5-17(4)16(2,3)22-18(23-17)13-7-9-14(10-8-13)21-15-19-11-6-12-20-15/h6-12H,5H2,1-4H3. The molecule has 0 spiro atoms. The largest absolute Gasteiger partial charge is 0.494 e. The number of nitrogens with zero attached hydrogens (tertiary/aromatic N) is 2. The maximum Gasteiger partial charge on any atom is 0.494 e. The van der Waals surface area contributed by atoms with E-state index in [2.05, 4.69) is 37.7 Å². The second-order valence-electron chi connectivity index (χ2n) is 6.36. The summed E-state index contributed by atoms with van der Waals surface area (Å²) in [5.74, 6) is 0.676. The third-order valence-electron chi connectivity index (χ3n) is 4.62. The van der Waals surface area contributed by atoms with Crippen molar-refractivity contribution < 1.29 is 14.0 Å². The van der Waals surface area contributed by atoms with Gasteiger partial charge in [-0.2, -0.15) is 0 Å². The summed E-state index contributed by atoms with van der Waals surface area (Å²) in [6, 6.07) is 9.70. The molecule has 0 N–H and O–H groups in total. The van der Waals surface area contributed by atoms with E-state index < -0.39 is 0 Å². The Morgan fingerprint density at radius 2 is 1.70 bits per heavy atom. The molecule has 3 rings (SSSR count). The third-order valence-corrected chi connectivity index (χ3v) is 4.62. The molecule has 2 aromatic rings. The van der Waals surface area contributed by atoms with Gasteiger partial charge in [0.2, 0.25) is 0 Å². The summed E-state index contributed by atoms with van der Waals surface area (Å²) in [5.41, 5.74) is 0.334. The number of hydrogen-bond acceptors (Lipinski definition) is 5. The van der Waals surface area contributed by atoms with Gasteiger partial charge in [0.15, 0.2) is 0 Å². The molecule has 1 unspecified atom stereocenters. The number of ether oxygens (including phenoxy) is 1. The van der Waals surface area contributed by atoms with Crippen molar-refractivity contribution in [3.8, 4) is 11.8 Å². The molecule has 1 aliphatic heterocycles. The number of benzene rings is 1. The van der Waals surface area contributed by atoms with Gasteiger partial charge in [-0.05, 0) is 50.9 Å². The van der Waals surface area contributed by atoms with Crippen LogP contribution in [0.25, 0.3) is 0 Å². The van der Waals surface area contributed by atoms with Gasteiger partial charge in [-0.15, -0.1) is 0 Å². The first-order chi connectivity index (χ1) is 10.9. The van der Waals surface area contributed by atoms with Crippen LogP contribution in [0.5, 0.6) is 11.8 Å². The molecule has 2 heterocycles. The van der Waals surface area contributed by atoms with Crippen molar-refractivity contribution in [1.82, 2.24) is 9.97 Å². The van der Waals surface area contributed by atoms with Crippen LogP contribution < -0.4 is 10.2 Å². The fourth-order valence-electron chi connectivity index (χ4n) is 2.58. The van der Waals surface area contributed by atoms with Gasteiger partial charge in [-0.3, -0.25) is 0 Å². The summed E-state index contributed by atoms with van der Waals surface area (Å²) >= 11 is 0. The van der Waals surface area contributed by atoms with Crippen LogP contribution in [0.1, 0.15) is 34.1 Å². The molecule has 5 nitrogen and oxygen atoms in total. The van der Waals surface area contributed by atoms with Gasteiger partial charge in [0.05, 0.1) is 11.2 Å². The van der Waals surface area contributed by atoms with Crippen LogP contribution in [0.4, 0.5) is 0 Å². The van der Waals surface area contributed by atoms with Crippen molar-refractivity contribution in [2.24, 2.45) is 0 Å². The first-order valence-corrected chi connectivity index (χ1v) is 7.84. The van der Waals surface area contributed by atoms with E-state index in [9.17, 15) is 0 Å². The van der Waals surface area contributed by atoms with Gasteiger partial charge in [-0.1, -0.05) is 19.1 Å². The van der Waals surface area contributed by atoms with Gasteiger partial charge in [0.25, 0.3) is 0 Å².